The zero-order valence-corrected chi connectivity index (χ0v) is 13.5. The van der Waals surface area contributed by atoms with Crippen LogP contribution in [0.3, 0.4) is 0 Å². The number of methoxy groups -OCH3 is 1. The second-order valence-corrected chi connectivity index (χ2v) is 5.80. The lowest BCUT2D eigenvalue weighted by atomic mass is 10.0. The van der Waals surface area contributed by atoms with Crippen molar-refractivity contribution in [2.24, 2.45) is 5.73 Å². The Labute approximate surface area is 128 Å². The molecule has 0 fully saturated rings. The van der Waals surface area contributed by atoms with Crippen LogP contribution < -0.4 is 10.5 Å². The summed E-state index contributed by atoms with van der Waals surface area (Å²) in [5.74, 6) is 0.547. The number of aromatic nitrogens is 2. The van der Waals surface area contributed by atoms with Crippen molar-refractivity contribution >= 4 is 31.9 Å². The molecule has 0 saturated heterocycles. The first-order chi connectivity index (χ1) is 9.10. The van der Waals surface area contributed by atoms with Gasteiger partial charge in [-0.3, -0.25) is 0 Å². The molecule has 0 bridgehead atoms. The predicted octanol–water partition coefficient (Wildman–Crippen LogP) is 3.25. The molecule has 1 aromatic heterocycles. The van der Waals surface area contributed by atoms with Crippen LogP contribution >= 0.6 is 31.9 Å². The number of ether oxygens (including phenoxy) is 1. The first-order valence-corrected chi connectivity index (χ1v) is 7.24. The molecule has 1 unspecified atom stereocenters. The molecular formula is C13H13Br2N3O. The van der Waals surface area contributed by atoms with Crippen LogP contribution in [0.5, 0.6) is 5.88 Å². The molecule has 6 heteroatoms. The molecule has 0 aliphatic carbocycles. The van der Waals surface area contributed by atoms with E-state index in [1.807, 2.05) is 18.2 Å². The van der Waals surface area contributed by atoms with Gasteiger partial charge in [0.15, 0.2) is 0 Å². The Morgan fingerprint density at radius 2 is 2.05 bits per heavy atom. The number of nitrogens with two attached hydrogens (primary N) is 1. The molecule has 0 amide bonds. The molecule has 0 radical (unpaired) electrons. The third-order valence-corrected chi connectivity index (χ3v) is 3.91. The molecule has 1 heterocycles. The molecule has 0 spiro atoms. The summed E-state index contributed by atoms with van der Waals surface area (Å²) in [4.78, 5) is 8.19. The van der Waals surface area contributed by atoms with Crippen LogP contribution in [0.2, 0.25) is 0 Å². The van der Waals surface area contributed by atoms with Gasteiger partial charge in [-0.15, -0.1) is 0 Å². The van der Waals surface area contributed by atoms with Gasteiger partial charge in [0.05, 0.1) is 7.11 Å². The summed E-state index contributed by atoms with van der Waals surface area (Å²) in [6.07, 6.45) is 2.10. The van der Waals surface area contributed by atoms with Gasteiger partial charge in [0.1, 0.15) is 6.33 Å². The molecule has 19 heavy (non-hydrogen) atoms. The lowest BCUT2D eigenvalue weighted by Crippen LogP contribution is -2.15. The van der Waals surface area contributed by atoms with Crippen LogP contribution in [-0.4, -0.2) is 17.1 Å². The van der Waals surface area contributed by atoms with Gasteiger partial charge < -0.3 is 10.5 Å². The smallest absolute Gasteiger partial charge is 0.216 e. The highest BCUT2D eigenvalue weighted by atomic mass is 79.9. The van der Waals surface area contributed by atoms with Crippen molar-refractivity contribution < 1.29 is 4.74 Å². The van der Waals surface area contributed by atoms with Gasteiger partial charge >= 0.3 is 0 Å². The molecule has 0 saturated carbocycles. The van der Waals surface area contributed by atoms with E-state index in [0.29, 0.717) is 12.3 Å². The summed E-state index contributed by atoms with van der Waals surface area (Å²) in [5.41, 5.74) is 8.12. The zero-order valence-electron chi connectivity index (χ0n) is 10.3. The average Bonchev–Trinajstić information content (AvgIpc) is 2.41. The van der Waals surface area contributed by atoms with E-state index in [1.54, 1.807) is 13.2 Å². The Bertz CT molecular complexity index is 578. The number of nitrogens with zero attached hydrogens (tertiary/aromatic N) is 2. The van der Waals surface area contributed by atoms with E-state index in [2.05, 4.69) is 41.8 Å². The standard InChI is InChI=1S/C13H13Br2N3O/c1-19-13-6-9(17-7-18-13)5-12(16)10-4-8(14)2-3-11(10)15/h2-4,6-7,12H,5,16H2,1H3. The summed E-state index contributed by atoms with van der Waals surface area (Å²) in [7, 11) is 1.58. The number of rotatable bonds is 4. The van der Waals surface area contributed by atoms with Crippen LogP contribution in [0.4, 0.5) is 0 Å². The number of benzene rings is 1. The SMILES string of the molecule is COc1cc(CC(N)c2cc(Br)ccc2Br)ncn1. The third-order valence-electron chi connectivity index (χ3n) is 2.69. The first kappa shape index (κ1) is 14.4. The maximum Gasteiger partial charge on any atom is 0.216 e. The van der Waals surface area contributed by atoms with E-state index >= 15 is 0 Å². The van der Waals surface area contributed by atoms with Gasteiger partial charge in [-0.2, -0.15) is 0 Å². The molecule has 1 aromatic carbocycles. The summed E-state index contributed by atoms with van der Waals surface area (Å²) in [5, 5.41) is 0. The second kappa shape index (κ2) is 6.45. The van der Waals surface area contributed by atoms with E-state index in [-0.39, 0.29) is 6.04 Å². The first-order valence-electron chi connectivity index (χ1n) is 5.65. The number of hydrogen-bond acceptors (Lipinski definition) is 4. The zero-order chi connectivity index (χ0) is 13.8. The quantitative estimate of drug-likeness (QED) is 0.875. The maximum atomic E-state index is 6.24. The van der Waals surface area contributed by atoms with Gasteiger partial charge in [0.25, 0.3) is 0 Å². The molecule has 0 aliphatic heterocycles. The molecule has 0 aliphatic rings. The van der Waals surface area contributed by atoms with Crippen LogP contribution in [0.15, 0.2) is 39.5 Å². The Hall–Kier alpha value is -0.980. The van der Waals surface area contributed by atoms with Crippen molar-refractivity contribution in [2.75, 3.05) is 7.11 Å². The fourth-order valence-corrected chi connectivity index (χ4v) is 2.65. The highest BCUT2D eigenvalue weighted by Crippen LogP contribution is 2.27. The Balaban J connectivity index is 2.20. The van der Waals surface area contributed by atoms with Gasteiger partial charge in [-0.05, 0) is 23.8 Å². The number of halogens is 2. The molecule has 2 rings (SSSR count). The summed E-state index contributed by atoms with van der Waals surface area (Å²) < 4.78 is 7.07. The molecule has 100 valence electrons. The Morgan fingerprint density at radius 3 is 2.79 bits per heavy atom. The molecule has 1 atom stereocenters. The predicted molar refractivity (Wildman–Crippen MR) is 81.1 cm³/mol. The minimum Gasteiger partial charge on any atom is -0.481 e. The minimum atomic E-state index is -0.147. The summed E-state index contributed by atoms with van der Waals surface area (Å²) in [6, 6.07) is 7.60. The topological polar surface area (TPSA) is 61.0 Å². The average molecular weight is 387 g/mol. The largest absolute Gasteiger partial charge is 0.481 e. The highest BCUT2D eigenvalue weighted by molar-refractivity contribution is 9.11. The normalized spacial score (nSPS) is 12.2. The van der Waals surface area contributed by atoms with E-state index in [4.69, 9.17) is 10.5 Å². The van der Waals surface area contributed by atoms with Gasteiger partial charge in [-0.25, -0.2) is 9.97 Å². The van der Waals surface area contributed by atoms with E-state index < -0.39 is 0 Å². The third kappa shape index (κ3) is 3.75. The van der Waals surface area contributed by atoms with Crippen LogP contribution in [0.1, 0.15) is 17.3 Å². The van der Waals surface area contributed by atoms with Crippen molar-refractivity contribution in [2.45, 2.75) is 12.5 Å². The van der Waals surface area contributed by atoms with Crippen molar-refractivity contribution in [3.63, 3.8) is 0 Å². The van der Waals surface area contributed by atoms with Crippen LogP contribution in [0, 0.1) is 0 Å². The van der Waals surface area contributed by atoms with Crippen molar-refractivity contribution in [3.8, 4) is 5.88 Å². The molecule has 2 N–H and O–H groups in total. The number of hydrogen-bond donors (Lipinski definition) is 1. The molecule has 2 aromatic rings. The van der Waals surface area contributed by atoms with Crippen LogP contribution in [-0.2, 0) is 6.42 Å². The second-order valence-electron chi connectivity index (χ2n) is 4.03. The fraction of sp³-hybridized carbons (Fsp3) is 0.231. The van der Waals surface area contributed by atoms with E-state index in [0.717, 1.165) is 20.2 Å². The summed E-state index contributed by atoms with van der Waals surface area (Å²) in [6.45, 7) is 0. The maximum absolute atomic E-state index is 6.24. The lowest BCUT2D eigenvalue weighted by molar-refractivity contribution is 0.395. The van der Waals surface area contributed by atoms with E-state index in [1.165, 1.54) is 6.33 Å². The van der Waals surface area contributed by atoms with Crippen molar-refractivity contribution in [1.29, 1.82) is 0 Å². The van der Waals surface area contributed by atoms with E-state index in [9.17, 15) is 0 Å². The molecule has 4 nitrogen and oxygen atoms in total. The van der Waals surface area contributed by atoms with Gasteiger partial charge in [-0.1, -0.05) is 31.9 Å². The minimum absolute atomic E-state index is 0.147. The molecular weight excluding hydrogens is 374 g/mol. The Morgan fingerprint density at radius 1 is 1.26 bits per heavy atom. The summed E-state index contributed by atoms with van der Waals surface area (Å²) >= 11 is 6.97. The van der Waals surface area contributed by atoms with Crippen molar-refractivity contribution in [3.05, 3.63) is 50.8 Å². The van der Waals surface area contributed by atoms with Gasteiger partial charge in [0.2, 0.25) is 5.88 Å². The van der Waals surface area contributed by atoms with Crippen molar-refractivity contribution in [1.82, 2.24) is 9.97 Å². The Kier molecular flexibility index (Phi) is 4.90. The highest BCUT2D eigenvalue weighted by Gasteiger charge is 2.12. The fourth-order valence-electron chi connectivity index (χ4n) is 1.73. The monoisotopic (exact) mass is 385 g/mol. The van der Waals surface area contributed by atoms with Gasteiger partial charge in [0, 0.05) is 33.2 Å². The van der Waals surface area contributed by atoms with Crippen LogP contribution in [0.25, 0.3) is 0 Å². The lowest BCUT2D eigenvalue weighted by Gasteiger charge is -2.14.